The monoisotopic (exact) mass is 183 g/mol. The summed E-state index contributed by atoms with van der Waals surface area (Å²) in [5, 5.41) is 9.09. The first-order chi connectivity index (χ1) is 6.27. The normalized spacial score (nSPS) is 34.1. The first-order valence-corrected chi connectivity index (χ1v) is 5.24. The maximum atomic E-state index is 11.7. The number of carbonyl (C=O) groups excluding carboxylic acids is 1. The van der Waals surface area contributed by atoms with Crippen LogP contribution in [0.25, 0.3) is 0 Å². The van der Waals surface area contributed by atoms with E-state index < -0.39 is 0 Å². The molecule has 0 spiro atoms. The van der Waals surface area contributed by atoms with Gasteiger partial charge >= 0.3 is 0 Å². The molecule has 0 unspecified atom stereocenters. The van der Waals surface area contributed by atoms with Crippen molar-refractivity contribution in [3.05, 3.63) is 0 Å². The van der Waals surface area contributed by atoms with E-state index in [4.69, 9.17) is 5.11 Å². The summed E-state index contributed by atoms with van der Waals surface area (Å²) >= 11 is 0. The van der Waals surface area contributed by atoms with Crippen molar-refractivity contribution in [3.8, 4) is 0 Å². The molecule has 1 saturated carbocycles. The predicted molar refractivity (Wildman–Crippen MR) is 49.2 cm³/mol. The summed E-state index contributed by atoms with van der Waals surface area (Å²) in [5.74, 6) is 0.415. The average molecular weight is 183 g/mol. The van der Waals surface area contributed by atoms with Crippen molar-refractivity contribution in [2.45, 2.75) is 38.2 Å². The van der Waals surface area contributed by atoms with Crippen molar-refractivity contribution in [1.29, 1.82) is 0 Å². The molecule has 0 radical (unpaired) electrons. The van der Waals surface area contributed by atoms with Crippen molar-refractivity contribution in [2.75, 3.05) is 13.1 Å². The van der Waals surface area contributed by atoms with Gasteiger partial charge in [-0.1, -0.05) is 0 Å². The van der Waals surface area contributed by atoms with Crippen LogP contribution in [0.4, 0.5) is 0 Å². The molecule has 1 aliphatic heterocycles. The molecule has 1 heterocycles. The van der Waals surface area contributed by atoms with Gasteiger partial charge in [0.2, 0.25) is 5.91 Å². The maximum Gasteiger partial charge on any atom is 0.225 e. The van der Waals surface area contributed by atoms with Gasteiger partial charge in [-0.25, -0.2) is 0 Å². The number of hydrogen-bond acceptors (Lipinski definition) is 2. The van der Waals surface area contributed by atoms with Crippen molar-refractivity contribution >= 4 is 5.91 Å². The molecule has 3 nitrogen and oxygen atoms in total. The molecule has 1 amide bonds. The highest BCUT2D eigenvalue weighted by Gasteiger charge is 2.35. The van der Waals surface area contributed by atoms with Crippen LogP contribution >= 0.6 is 0 Å². The molecule has 1 N–H and O–H groups in total. The maximum absolute atomic E-state index is 11.7. The van der Waals surface area contributed by atoms with Crippen LogP contribution in [-0.2, 0) is 4.79 Å². The van der Waals surface area contributed by atoms with Crippen LogP contribution < -0.4 is 0 Å². The van der Waals surface area contributed by atoms with Gasteiger partial charge < -0.3 is 10.0 Å². The van der Waals surface area contributed by atoms with Gasteiger partial charge in [-0.15, -0.1) is 0 Å². The van der Waals surface area contributed by atoms with Gasteiger partial charge in [-0.3, -0.25) is 4.79 Å². The fourth-order valence-electron chi connectivity index (χ4n) is 2.16. The summed E-state index contributed by atoms with van der Waals surface area (Å²) in [5.41, 5.74) is 0. The molecular weight excluding hydrogens is 166 g/mol. The first kappa shape index (κ1) is 9.00. The van der Waals surface area contributed by atoms with Gasteiger partial charge in [-0.2, -0.15) is 0 Å². The molecule has 74 valence electrons. The Kier molecular flexibility index (Phi) is 2.54. The molecule has 2 fully saturated rings. The van der Waals surface area contributed by atoms with Crippen LogP contribution in [0.5, 0.6) is 0 Å². The zero-order valence-corrected chi connectivity index (χ0v) is 7.91. The molecule has 2 aliphatic rings. The van der Waals surface area contributed by atoms with Crippen LogP contribution in [0.15, 0.2) is 0 Å². The second kappa shape index (κ2) is 3.66. The van der Waals surface area contributed by atoms with Crippen LogP contribution in [0.1, 0.15) is 32.1 Å². The Morgan fingerprint density at radius 2 is 1.77 bits per heavy atom. The minimum absolute atomic E-state index is 0.132. The zero-order chi connectivity index (χ0) is 9.26. The molecular formula is C10H17NO2. The Morgan fingerprint density at radius 3 is 2.31 bits per heavy atom. The number of aliphatic hydroxyl groups is 1. The highest BCUT2D eigenvalue weighted by molar-refractivity contribution is 5.79. The van der Waals surface area contributed by atoms with Crippen molar-refractivity contribution in [1.82, 2.24) is 4.90 Å². The second-order valence-electron chi connectivity index (χ2n) is 4.21. The number of amides is 1. The zero-order valence-electron chi connectivity index (χ0n) is 7.91. The standard InChI is InChI=1S/C10H17NO2/c12-9-6-8(7-9)10(13)11-4-2-1-3-5-11/h8-9,12H,1-7H2. The molecule has 3 heteroatoms. The molecule has 0 bridgehead atoms. The van der Waals surface area contributed by atoms with Crippen LogP contribution in [0.3, 0.4) is 0 Å². The summed E-state index contributed by atoms with van der Waals surface area (Å²) in [6.45, 7) is 1.87. The van der Waals surface area contributed by atoms with Crippen LogP contribution in [-0.4, -0.2) is 35.1 Å². The summed E-state index contributed by atoms with van der Waals surface area (Å²) < 4.78 is 0. The highest BCUT2D eigenvalue weighted by atomic mass is 16.3. The fraction of sp³-hybridized carbons (Fsp3) is 0.900. The third-order valence-corrected chi connectivity index (χ3v) is 3.13. The minimum atomic E-state index is -0.209. The SMILES string of the molecule is O=C(C1CC(O)C1)N1CCCCC1. The average Bonchev–Trinajstić information content (AvgIpc) is 2.13. The number of hydrogen-bond donors (Lipinski definition) is 1. The first-order valence-electron chi connectivity index (χ1n) is 5.24. The lowest BCUT2D eigenvalue weighted by atomic mass is 9.81. The number of nitrogens with zero attached hydrogens (tertiary/aromatic N) is 1. The van der Waals surface area contributed by atoms with Gasteiger partial charge in [0, 0.05) is 19.0 Å². The largest absolute Gasteiger partial charge is 0.393 e. The highest BCUT2D eigenvalue weighted by Crippen LogP contribution is 2.29. The van der Waals surface area contributed by atoms with Gasteiger partial charge in [-0.05, 0) is 32.1 Å². The summed E-state index contributed by atoms with van der Waals surface area (Å²) in [7, 11) is 0. The quantitative estimate of drug-likeness (QED) is 0.652. The number of likely N-dealkylation sites (tertiary alicyclic amines) is 1. The van der Waals surface area contributed by atoms with Crippen LogP contribution in [0, 0.1) is 5.92 Å². The van der Waals surface area contributed by atoms with E-state index >= 15 is 0 Å². The number of aliphatic hydroxyl groups excluding tert-OH is 1. The van der Waals surface area contributed by atoms with Gasteiger partial charge in [0.05, 0.1) is 6.10 Å². The Morgan fingerprint density at radius 1 is 1.15 bits per heavy atom. The minimum Gasteiger partial charge on any atom is -0.393 e. The van der Waals surface area contributed by atoms with Crippen molar-refractivity contribution in [2.24, 2.45) is 5.92 Å². The summed E-state index contributed by atoms with van der Waals surface area (Å²) in [4.78, 5) is 13.7. The van der Waals surface area contributed by atoms with Crippen molar-refractivity contribution in [3.63, 3.8) is 0 Å². The lowest BCUT2D eigenvalue weighted by Crippen LogP contribution is -2.45. The molecule has 0 atom stereocenters. The Bertz CT molecular complexity index is 193. The Balaban J connectivity index is 1.82. The third kappa shape index (κ3) is 1.85. The molecule has 13 heavy (non-hydrogen) atoms. The second-order valence-corrected chi connectivity index (χ2v) is 4.21. The predicted octanol–water partition coefficient (Wildman–Crippen LogP) is 0.770. The number of rotatable bonds is 1. The molecule has 0 aromatic heterocycles. The summed E-state index contributed by atoms with van der Waals surface area (Å²) in [6.07, 6.45) is 4.74. The molecule has 0 aromatic carbocycles. The van der Waals surface area contributed by atoms with Gasteiger partial charge in [0.1, 0.15) is 0 Å². The number of carbonyl (C=O) groups is 1. The van der Waals surface area contributed by atoms with Gasteiger partial charge in [0.25, 0.3) is 0 Å². The van der Waals surface area contributed by atoms with E-state index in [0.717, 1.165) is 25.9 Å². The summed E-state index contributed by atoms with van der Waals surface area (Å²) in [6, 6.07) is 0. The van der Waals surface area contributed by atoms with E-state index in [-0.39, 0.29) is 17.9 Å². The van der Waals surface area contributed by atoms with E-state index in [1.807, 2.05) is 4.90 Å². The number of piperidine rings is 1. The topological polar surface area (TPSA) is 40.5 Å². The smallest absolute Gasteiger partial charge is 0.225 e. The lowest BCUT2D eigenvalue weighted by molar-refractivity contribution is -0.143. The van der Waals surface area contributed by atoms with Gasteiger partial charge in [0.15, 0.2) is 0 Å². The van der Waals surface area contributed by atoms with E-state index in [1.54, 1.807) is 0 Å². The lowest BCUT2D eigenvalue weighted by Gasteiger charge is -2.36. The third-order valence-electron chi connectivity index (χ3n) is 3.13. The fourth-order valence-corrected chi connectivity index (χ4v) is 2.16. The van der Waals surface area contributed by atoms with E-state index in [9.17, 15) is 4.79 Å². The van der Waals surface area contributed by atoms with E-state index in [2.05, 4.69) is 0 Å². The van der Waals surface area contributed by atoms with Crippen LogP contribution in [0.2, 0.25) is 0 Å². The Hall–Kier alpha value is -0.570. The molecule has 1 aliphatic carbocycles. The Labute approximate surface area is 78.7 Å². The van der Waals surface area contributed by atoms with Crippen molar-refractivity contribution < 1.29 is 9.90 Å². The molecule has 1 saturated heterocycles. The molecule has 0 aromatic rings. The van der Waals surface area contributed by atoms with E-state index in [0.29, 0.717) is 12.8 Å². The molecule has 2 rings (SSSR count). The van der Waals surface area contributed by atoms with E-state index in [1.165, 1.54) is 6.42 Å².